The van der Waals surface area contributed by atoms with Gasteiger partial charge in [0, 0.05) is 6.04 Å². The van der Waals surface area contributed by atoms with Crippen molar-refractivity contribution in [3.63, 3.8) is 0 Å². The van der Waals surface area contributed by atoms with Crippen molar-refractivity contribution < 1.29 is 9.90 Å². The summed E-state index contributed by atoms with van der Waals surface area (Å²) in [6.45, 7) is 7.64. The van der Waals surface area contributed by atoms with Gasteiger partial charge >= 0.3 is 0 Å². The van der Waals surface area contributed by atoms with E-state index in [9.17, 15) is 4.79 Å². The molecule has 2 unspecified atom stereocenters. The maximum Gasteiger partial charge on any atom is 0.237 e. The van der Waals surface area contributed by atoms with Crippen LogP contribution < -0.4 is 11.1 Å². The Balaban J connectivity index is 3.90. The summed E-state index contributed by atoms with van der Waals surface area (Å²) >= 11 is 0. The van der Waals surface area contributed by atoms with Gasteiger partial charge in [0.2, 0.25) is 5.91 Å². The number of hydrogen-bond donors (Lipinski definition) is 3. The maximum absolute atomic E-state index is 11.6. The van der Waals surface area contributed by atoms with E-state index in [4.69, 9.17) is 10.8 Å². The molecule has 0 spiro atoms. The Bertz CT molecular complexity index is 193. The van der Waals surface area contributed by atoms with E-state index in [1.165, 1.54) is 0 Å². The van der Waals surface area contributed by atoms with Crippen LogP contribution in [0.2, 0.25) is 0 Å². The van der Waals surface area contributed by atoms with Gasteiger partial charge in [-0.15, -0.1) is 0 Å². The van der Waals surface area contributed by atoms with Gasteiger partial charge < -0.3 is 16.2 Å². The molecule has 0 aliphatic carbocycles. The average molecular weight is 216 g/mol. The van der Waals surface area contributed by atoms with Crippen LogP contribution in [-0.2, 0) is 4.79 Å². The SMILES string of the molecule is CC(C)C[C@@H](N)C(=O)NC(C)CC(C)O. The number of hydrogen-bond acceptors (Lipinski definition) is 3. The fourth-order valence-corrected chi connectivity index (χ4v) is 1.54. The minimum Gasteiger partial charge on any atom is -0.393 e. The summed E-state index contributed by atoms with van der Waals surface area (Å²) in [7, 11) is 0. The Kier molecular flexibility index (Phi) is 6.52. The van der Waals surface area contributed by atoms with Gasteiger partial charge in [-0.25, -0.2) is 0 Å². The van der Waals surface area contributed by atoms with Crippen LogP contribution in [0.15, 0.2) is 0 Å². The van der Waals surface area contributed by atoms with Crippen LogP contribution in [0.25, 0.3) is 0 Å². The third kappa shape index (κ3) is 7.33. The van der Waals surface area contributed by atoms with Crippen molar-refractivity contribution in [1.82, 2.24) is 5.32 Å². The summed E-state index contributed by atoms with van der Waals surface area (Å²) in [6, 6.07) is -0.475. The van der Waals surface area contributed by atoms with E-state index in [-0.39, 0.29) is 11.9 Å². The van der Waals surface area contributed by atoms with E-state index < -0.39 is 12.1 Å². The predicted molar refractivity (Wildman–Crippen MR) is 61.3 cm³/mol. The summed E-state index contributed by atoms with van der Waals surface area (Å²) in [5, 5.41) is 11.9. The largest absolute Gasteiger partial charge is 0.393 e. The molecule has 3 atom stereocenters. The van der Waals surface area contributed by atoms with Crippen LogP contribution in [0.5, 0.6) is 0 Å². The highest BCUT2D eigenvalue weighted by atomic mass is 16.3. The van der Waals surface area contributed by atoms with Crippen LogP contribution in [0.4, 0.5) is 0 Å². The summed E-state index contributed by atoms with van der Waals surface area (Å²) in [5.41, 5.74) is 5.72. The molecule has 15 heavy (non-hydrogen) atoms. The molecule has 0 aromatic carbocycles. The van der Waals surface area contributed by atoms with Gasteiger partial charge in [-0.3, -0.25) is 4.79 Å². The Hall–Kier alpha value is -0.610. The van der Waals surface area contributed by atoms with E-state index in [1.54, 1.807) is 6.92 Å². The third-order valence-corrected chi connectivity index (χ3v) is 2.15. The van der Waals surface area contributed by atoms with Gasteiger partial charge in [0.15, 0.2) is 0 Å². The standard InChI is InChI=1S/C11H24N2O2/c1-7(2)5-10(12)11(15)13-8(3)6-9(4)14/h7-10,14H,5-6,12H2,1-4H3,(H,13,15)/t8?,9?,10-/m1/s1. The van der Waals surface area contributed by atoms with Crippen molar-refractivity contribution in [2.75, 3.05) is 0 Å². The van der Waals surface area contributed by atoms with E-state index >= 15 is 0 Å². The maximum atomic E-state index is 11.6. The number of nitrogens with two attached hydrogens (primary N) is 1. The van der Waals surface area contributed by atoms with E-state index in [0.29, 0.717) is 18.8 Å². The first-order valence-electron chi connectivity index (χ1n) is 5.57. The smallest absolute Gasteiger partial charge is 0.237 e. The third-order valence-electron chi connectivity index (χ3n) is 2.15. The van der Waals surface area contributed by atoms with Crippen molar-refractivity contribution in [3.05, 3.63) is 0 Å². The number of aliphatic hydroxyl groups excluding tert-OH is 1. The van der Waals surface area contributed by atoms with Crippen molar-refractivity contribution in [2.45, 2.75) is 58.7 Å². The average Bonchev–Trinajstić information content (AvgIpc) is 2.00. The molecule has 0 saturated heterocycles. The van der Waals surface area contributed by atoms with E-state index in [2.05, 4.69) is 5.32 Å². The molecule has 0 heterocycles. The van der Waals surface area contributed by atoms with Crippen molar-refractivity contribution in [3.8, 4) is 0 Å². The van der Waals surface area contributed by atoms with Gasteiger partial charge in [-0.05, 0) is 32.6 Å². The minimum atomic E-state index is -0.443. The van der Waals surface area contributed by atoms with Gasteiger partial charge in [-0.1, -0.05) is 13.8 Å². The molecule has 0 radical (unpaired) electrons. The van der Waals surface area contributed by atoms with Crippen LogP contribution in [0.1, 0.15) is 40.5 Å². The van der Waals surface area contributed by atoms with Crippen LogP contribution in [0, 0.1) is 5.92 Å². The molecule has 0 aromatic heterocycles. The first-order valence-corrected chi connectivity index (χ1v) is 5.57. The number of carbonyl (C=O) groups is 1. The number of rotatable bonds is 6. The molecular formula is C11H24N2O2. The van der Waals surface area contributed by atoms with Crippen LogP contribution in [-0.4, -0.2) is 29.2 Å². The minimum absolute atomic E-state index is 0.0317. The summed E-state index contributed by atoms with van der Waals surface area (Å²) in [4.78, 5) is 11.6. The Morgan fingerprint density at radius 1 is 1.27 bits per heavy atom. The Morgan fingerprint density at radius 2 is 1.80 bits per heavy atom. The molecule has 1 amide bonds. The van der Waals surface area contributed by atoms with Crippen molar-refractivity contribution >= 4 is 5.91 Å². The zero-order chi connectivity index (χ0) is 12.0. The summed E-state index contributed by atoms with van der Waals surface area (Å²) in [5.74, 6) is 0.287. The molecular weight excluding hydrogens is 192 g/mol. The molecule has 4 nitrogen and oxygen atoms in total. The molecule has 0 aliphatic rings. The van der Waals surface area contributed by atoms with Gasteiger partial charge in [0.05, 0.1) is 12.1 Å². The zero-order valence-corrected chi connectivity index (χ0v) is 10.2. The second-order valence-electron chi connectivity index (χ2n) is 4.73. The molecule has 0 bridgehead atoms. The highest BCUT2D eigenvalue weighted by Gasteiger charge is 2.17. The summed E-state index contributed by atoms with van der Waals surface area (Å²) in [6.07, 6.45) is 0.842. The molecule has 0 rings (SSSR count). The lowest BCUT2D eigenvalue weighted by atomic mass is 10.0. The lowest BCUT2D eigenvalue weighted by Crippen LogP contribution is -2.45. The second-order valence-corrected chi connectivity index (χ2v) is 4.73. The number of aliphatic hydroxyl groups is 1. The molecule has 0 saturated carbocycles. The molecule has 4 N–H and O–H groups in total. The Morgan fingerprint density at radius 3 is 2.20 bits per heavy atom. The monoisotopic (exact) mass is 216 g/mol. The fraction of sp³-hybridized carbons (Fsp3) is 0.909. The van der Waals surface area contributed by atoms with E-state index in [0.717, 1.165) is 0 Å². The molecule has 4 heteroatoms. The van der Waals surface area contributed by atoms with Crippen molar-refractivity contribution in [1.29, 1.82) is 0 Å². The Labute approximate surface area is 92.2 Å². The van der Waals surface area contributed by atoms with Gasteiger partial charge in [0.25, 0.3) is 0 Å². The van der Waals surface area contributed by atoms with Gasteiger partial charge in [-0.2, -0.15) is 0 Å². The zero-order valence-electron chi connectivity index (χ0n) is 10.2. The lowest BCUT2D eigenvalue weighted by molar-refractivity contribution is -0.123. The number of nitrogens with one attached hydrogen (secondary N) is 1. The first kappa shape index (κ1) is 14.4. The van der Waals surface area contributed by atoms with Gasteiger partial charge in [0.1, 0.15) is 0 Å². The normalized spacial score (nSPS) is 17.3. The van der Waals surface area contributed by atoms with Crippen LogP contribution >= 0.6 is 0 Å². The number of amides is 1. The quantitative estimate of drug-likeness (QED) is 0.610. The summed E-state index contributed by atoms with van der Waals surface area (Å²) < 4.78 is 0. The lowest BCUT2D eigenvalue weighted by Gasteiger charge is -2.19. The van der Waals surface area contributed by atoms with E-state index in [1.807, 2.05) is 20.8 Å². The molecule has 0 aromatic rings. The number of carbonyl (C=O) groups excluding carboxylic acids is 1. The van der Waals surface area contributed by atoms with Crippen molar-refractivity contribution in [2.24, 2.45) is 11.7 Å². The molecule has 0 fully saturated rings. The highest BCUT2D eigenvalue weighted by molar-refractivity contribution is 5.81. The molecule has 0 aliphatic heterocycles. The second kappa shape index (κ2) is 6.80. The first-order chi connectivity index (χ1) is 6.82. The highest BCUT2D eigenvalue weighted by Crippen LogP contribution is 2.03. The predicted octanol–water partition coefficient (Wildman–Crippen LogP) is 0.635. The topological polar surface area (TPSA) is 75.4 Å². The fourth-order valence-electron chi connectivity index (χ4n) is 1.54. The van der Waals surface area contributed by atoms with Crippen LogP contribution in [0.3, 0.4) is 0 Å². The molecule has 90 valence electrons.